The summed E-state index contributed by atoms with van der Waals surface area (Å²) in [6, 6.07) is 7.92. The lowest BCUT2D eigenvalue weighted by molar-refractivity contribution is -0.123. The van der Waals surface area contributed by atoms with Gasteiger partial charge in [-0.05, 0) is 37.1 Å². The Morgan fingerprint density at radius 1 is 1.00 bits per heavy atom. The van der Waals surface area contributed by atoms with E-state index in [1.807, 2.05) is 29.2 Å². The molecule has 0 bridgehead atoms. The topological polar surface area (TPSA) is 58.6 Å². The van der Waals surface area contributed by atoms with Crippen molar-refractivity contribution in [2.24, 2.45) is 0 Å². The zero-order valence-electron chi connectivity index (χ0n) is 14.1. The largest absolute Gasteiger partial charge is 0.468 e. The first kappa shape index (κ1) is 16.8. The highest BCUT2D eigenvalue weighted by Gasteiger charge is 2.18. The van der Waals surface area contributed by atoms with Gasteiger partial charge < -0.3 is 14.2 Å². The molecule has 130 valence electrons. The lowest BCUT2D eigenvalue weighted by Crippen LogP contribution is -2.41. The van der Waals surface area contributed by atoms with E-state index in [1.165, 1.54) is 25.7 Å². The second-order valence-electron chi connectivity index (χ2n) is 6.56. The molecule has 1 saturated carbocycles. The van der Waals surface area contributed by atoms with Crippen LogP contribution in [-0.4, -0.2) is 23.4 Å². The second kappa shape index (κ2) is 8.73. The summed E-state index contributed by atoms with van der Waals surface area (Å²) < 4.78 is 10.9. The molecule has 5 nitrogen and oxygen atoms in total. The Kier molecular flexibility index (Phi) is 6.13. The number of amides is 1. The first-order valence-corrected chi connectivity index (χ1v) is 8.86. The Morgan fingerprint density at radius 2 is 1.58 bits per heavy atom. The quantitative estimate of drug-likeness (QED) is 0.786. The van der Waals surface area contributed by atoms with Crippen molar-refractivity contribution in [3.05, 3.63) is 48.3 Å². The molecular weight excluding hydrogens is 304 g/mol. The number of hydrogen-bond donors (Lipinski definition) is 1. The zero-order chi connectivity index (χ0) is 16.6. The summed E-state index contributed by atoms with van der Waals surface area (Å²) in [4.78, 5) is 14.5. The first-order chi connectivity index (χ1) is 11.8. The van der Waals surface area contributed by atoms with Gasteiger partial charge in [0, 0.05) is 6.04 Å². The van der Waals surface area contributed by atoms with E-state index in [0.29, 0.717) is 25.7 Å². The fourth-order valence-corrected chi connectivity index (χ4v) is 3.31. The van der Waals surface area contributed by atoms with Gasteiger partial charge in [0.25, 0.3) is 0 Å². The average molecular weight is 330 g/mol. The standard InChI is InChI=1S/C19H26N2O3/c22-19(20-16-7-3-1-2-4-8-16)15-21(13-17-9-5-11-23-17)14-18-10-6-12-24-18/h5-6,9-12,16H,1-4,7-8,13-15H2,(H,20,22). The summed E-state index contributed by atoms with van der Waals surface area (Å²) in [7, 11) is 0. The van der Waals surface area contributed by atoms with E-state index in [-0.39, 0.29) is 5.91 Å². The summed E-state index contributed by atoms with van der Waals surface area (Å²) in [5.41, 5.74) is 0. The minimum Gasteiger partial charge on any atom is -0.468 e. The Hall–Kier alpha value is -2.01. The fraction of sp³-hybridized carbons (Fsp3) is 0.526. The normalized spacial score (nSPS) is 16.2. The highest BCUT2D eigenvalue weighted by molar-refractivity contribution is 5.78. The number of furan rings is 2. The van der Waals surface area contributed by atoms with Crippen molar-refractivity contribution in [1.82, 2.24) is 10.2 Å². The summed E-state index contributed by atoms with van der Waals surface area (Å²) in [6.07, 6.45) is 10.5. The minimum atomic E-state index is 0.0833. The molecular formula is C19H26N2O3. The van der Waals surface area contributed by atoms with Gasteiger partial charge in [0.1, 0.15) is 11.5 Å². The zero-order valence-corrected chi connectivity index (χ0v) is 14.1. The van der Waals surface area contributed by atoms with Crippen molar-refractivity contribution in [2.45, 2.75) is 57.7 Å². The number of nitrogens with zero attached hydrogens (tertiary/aromatic N) is 1. The number of hydrogen-bond acceptors (Lipinski definition) is 4. The number of carbonyl (C=O) groups is 1. The van der Waals surface area contributed by atoms with Crippen molar-refractivity contribution >= 4 is 5.91 Å². The molecule has 24 heavy (non-hydrogen) atoms. The Labute approximate surface area is 143 Å². The van der Waals surface area contributed by atoms with Crippen LogP contribution in [0.15, 0.2) is 45.6 Å². The highest BCUT2D eigenvalue weighted by Crippen LogP contribution is 2.17. The fourth-order valence-electron chi connectivity index (χ4n) is 3.31. The van der Waals surface area contributed by atoms with E-state index in [0.717, 1.165) is 24.4 Å². The number of rotatable bonds is 7. The average Bonchev–Trinajstić information content (AvgIpc) is 3.19. The van der Waals surface area contributed by atoms with Crippen molar-refractivity contribution < 1.29 is 13.6 Å². The first-order valence-electron chi connectivity index (χ1n) is 8.86. The predicted octanol–water partition coefficient (Wildman–Crippen LogP) is 3.71. The highest BCUT2D eigenvalue weighted by atomic mass is 16.3. The van der Waals surface area contributed by atoms with Crippen LogP contribution in [0.3, 0.4) is 0 Å². The summed E-state index contributed by atoms with van der Waals surface area (Å²) >= 11 is 0. The van der Waals surface area contributed by atoms with Crippen molar-refractivity contribution in [3.63, 3.8) is 0 Å². The van der Waals surface area contributed by atoms with Crippen molar-refractivity contribution in [2.75, 3.05) is 6.54 Å². The van der Waals surface area contributed by atoms with Gasteiger partial charge in [-0.1, -0.05) is 25.7 Å². The molecule has 1 amide bonds. The van der Waals surface area contributed by atoms with E-state index in [1.54, 1.807) is 12.5 Å². The molecule has 0 saturated heterocycles. The molecule has 1 N–H and O–H groups in total. The minimum absolute atomic E-state index is 0.0833. The van der Waals surface area contributed by atoms with Crippen LogP contribution in [0.1, 0.15) is 50.0 Å². The van der Waals surface area contributed by atoms with Crippen LogP contribution in [0.25, 0.3) is 0 Å². The van der Waals surface area contributed by atoms with Gasteiger partial charge in [0.2, 0.25) is 5.91 Å². The Bertz CT molecular complexity index is 548. The van der Waals surface area contributed by atoms with E-state index in [4.69, 9.17) is 8.83 Å². The van der Waals surface area contributed by atoms with Crippen molar-refractivity contribution in [3.8, 4) is 0 Å². The third kappa shape index (κ3) is 5.27. The van der Waals surface area contributed by atoms with Crippen LogP contribution in [0.5, 0.6) is 0 Å². The molecule has 0 unspecified atom stereocenters. The van der Waals surface area contributed by atoms with Crippen molar-refractivity contribution in [1.29, 1.82) is 0 Å². The van der Waals surface area contributed by atoms with Crippen LogP contribution >= 0.6 is 0 Å². The predicted molar refractivity (Wildman–Crippen MR) is 91.2 cm³/mol. The number of nitrogens with one attached hydrogen (secondary N) is 1. The molecule has 2 heterocycles. The molecule has 0 radical (unpaired) electrons. The van der Waals surface area contributed by atoms with Crippen LogP contribution < -0.4 is 5.32 Å². The van der Waals surface area contributed by atoms with Crippen LogP contribution in [0.2, 0.25) is 0 Å². The second-order valence-corrected chi connectivity index (χ2v) is 6.56. The molecule has 0 aliphatic heterocycles. The lowest BCUT2D eigenvalue weighted by Gasteiger charge is -2.22. The summed E-state index contributed by atoms with van der Waals surface area (Å²) in [5, 5.41) is 3.21. The Balaban J connectivity index is 1.56. The molecule has 3 rings (SSSR count). The van der Waals surface area contributed by atoms with Crippen LogP contribution in [0.4, 0.5) is 0 Å². The van der Waals surface area contributed by atoms with E-state index in [2.05, 4.69) is 5.32 Å². The maximum atomic E-state index is 12.5. The van der Waals surface area contributed by atoms with Gasteiger partial charge in [-0.25, -0.2) is 0 Å². The molecule has 2 aromatic rings. The van der Waals surface area contributed by atoms with Gasteiger partial charge >= 0.3 is 0 Å². The maximum Gasteiger partial charge on any atom is 0.234 e. The van der Waals surface area contributed by atoms with Gasteiger partial charge in [-0.3, -0.25) is 9.69 Å². The van der Waals surface area contributed by atoms with Crippen LogP contribution in [0, 0.1) is 0 Å². The molecule has 2 aromatic heterocycles. The van der Waals surface area contributed by atoms with Gasteiger partial charge in [-0.15, -0.1) is 0 Å². The number of carbonyl (C=O) groups excluding carboxylic acids is 1. The molecule has 1 fully saturated rings. The van der Waals surface area contributed by atoms with E-state index < -0.39 is 0 Å². The summed E-state index contributed by atoms with van der Waals surface area (Å²) in [6.45, 7) is 1.52. The molecule has 5 heteroatoms. The lowest BCUT2D eigenvalue weighted by atomic mass is 10.1. The van der Waals surface area contributed by atoms with Gasteiger partial charge in [0.15, 0.2) is 0 Å². The van der Waals surface area contributed by atoms with Gasteiger partial charge in [-0.2, -0.15) is 0 Å². The molecule has 0 spiro atoms. The molecule has 0 aromatic carbocycles. The maximum absolute atomic E-state index is 12.5. The third-order valence-corrected chi connectivity index (χ3v) is 4.51. The smallest absolute Gasteiger partial charge is 0.234 e. The third-order valence-electron chi connectivity index (χ3n) is 4.51. The monoisotopic (exact) mass is 330 g/mol. The Morgan fingerprint density at radius 3 is 2.08 bits per heavy atom. The molecule has 1 aliphatic rings. The van der Waals surface area contributed by atoms with Gasteiger partial charge in [0.05, 0.1) is 32.2 Å². The van der Waals surface area contributed by atoms with E-state index in [9.17, 15) is 4.79 Å². The summed E-state index contributed by atoms with van der Waals surface area (Å²) in [5.74, 6) is 1.78. The van der Waals surface area contributed by atoms with Crippen LogP contribution in [-0.2, 0) is 17.9 Å². The van der Waals surface area contributed by atoms with E-state index >= 15 is 0 Å². The molecule has 0 atom stereocenters. The SMILES string of the molecule is O=C(CN(Cc1ccco1)Cc1ccco1)NC1CCCCCC1. The molecule has 1 aliphatic carbocycles.